The Bertz CT molecular complexity index is 453. The Balaban J connectivity index is 1.96. The van der Waals surface area contributed by atoms with E-state index in [-0.39, 0.29) is 24.3 Å². The first kappa shape index (κ1) is 14.3. The monoisotopic (exact) mass is 282 g/mol. The molecule has 0 aromatic heterocycles. The Morgan fingerprint density at radius 1 is 1.53 bits per heavy atom. The van der Waals surface area contributed by atoms with Crippen LogP contribution < -0.4 is 10.6 Å². The highest BCUT2D eigenvalue weighted by Crippen LogP contribution is 2.37. The zero-order chi connectivity index (χ0) is 13.7. The quantitative estimate of drug-likeness (QED) is 0.872. The molecule has 19 heavy (non-hydrogen) atoms. The molecule has 0 radical (unpaired) electrons. The van der Waals surface area contributed by atoms with Gasteiger partial charge in [0, 0.05) is 17.5 Å². The van der Waals surface area contributed by atoms with Gasteiger partial charge in [-0.2, -0.15) is 0 Å². The van der Waals surface area contributed by atoms with Crippen LogP contribution in [0.4, 0.5) is 4.39 Å². The topological polar surface area (TPSA) is 41.1 Å². The first-order valence-electron chi connectivity index (χ1n) is 6.63. The summed E-state index contributed by atoms with van der Waals surface area (Å²) in [5.41, 5.74) is 0.972. The molecule has 0 aliphatic carbocycles. The van der Waals surface area contributed by atoms with Crippen LogP contribution in [0.3, 0.4) is 0 Å². The van der Waals surface area contributed by atoms with Crippen molar-refractivity contribution in [2.24, 2.45) is 0 Å². The molecule has 104 valence electrons. The van der Waals surface area contributed by atoms with Gasteiger partial charge in [0.25, 0.3) is 0 Å². The number of amides is 1. The van der Waals surface area contributed by atoms with Gasteiger partial charge >= 0.3 is 0 Å². The molecule has 5 heteroatoms. The van der Waals surface area contributed by atoms with E-state index >= 15 is 0 Å². The highest BCUT2D eigenvalue weighted by Gasteiger charge is 2.23. The van der Waals surface area contributed by atoms with Crippen molar-refractivity contribution < 1.29 is 9.18 Å². The molecule has 1 heterocycles. The number of carbonyl (C=O) groups is 1. The van der Waals surface area contributed by atoms with Gasteiger partial charge < -0.3 is 10.6 Å². The third kappa shape index (κ3) is 3.70. The van der Waals surface area contributed by atoms with E-state index < -0.39 is 0 Å². The van der Waals surface area contributed by atoms with Gasteiger partial charge in [-0.3, -0.25) is 4.79 Å². The van der Waals surface area contributed by atoms with Crippen LogP contribution in [-0.4, -0.2) is 24.7 Å². The maximum atomic E-state index is 13.7. The number of halogens is 1. The standard InChI is InChI=1S/C14H19FN2OS/c1-2-7-16-13(18)9-17-12-6-8-19-14-10(12)4-3-5-11(14)15/h3-5,12,17H,2,6-9H2,1H3,(H,16,18). The average molecular weight is 282 g/mol. The van der Waals surface area contributed by atoms with Gasteiger partial charge in [0.05, 0.1) is 6.54 Å². The summed E-state index contributed by atoms with van der Waals surface area (Å²) in [5.74, 6) is 0.713. The fourth-order valence-electron chi connectivity index (χ4n) is 2.14. The van der Waals surface area contributed by atoms with E-state index in [1.165, 1.54) is 6.07 Å². The van der Waals surface area contributed by atoms with E-state index in [4.69, 9.17) is 0 Å². The van der Waals surface area contributed by atoms with Gasteiger partial charge in [0.2, 0.25) is 5.91 Å². The lowest BCUT2D eigenvalue weighted by atomic mass is 10.0. The van der Waals surface area contributed by atoms with Crippen LogP contribution in [0.15, 0.2) is 23.1 Å². The van der Waals surface area contributed by atoms with Crippen LogP contribution in [0.25, 0.3) is 0 Å². The highest BCUT2D eigenvalue weighted by atomic mass is 32.2. The number of thioether (sulfide) groups is 1. The molecule has 1 atom stereocenters. The molecule has 1 unspecified atom stereocenters. The zero-order valence-corrected chi connectivity index (χ0v) is 11.9. The molecule has 1 amide bonds. The number of carbonyl (C=O) groups excluding carboxylic acids is 1. The van der Waals surface area contributed by atoms with E-state index in [9.17, 15) is 9.18 Å². The van der Waals surface area contributed by atoms with Crippen LogP contribution in [0.5, 0.6) is 0 Å². The summed E-state index contributed by atoms with van der Waals surface area (Å²) >= 11 is 1.55. The molecular weight excluding hydrogens is 263 g/mol. The lowest BCUT2D eigenvalue weighted by Gasteiger charge is -2.26. The Hall–Kier alpha value is -1.07. The van der Waals surface area contributed by atoms with Crippen molar-refractivity contribution in [1.82, 2.24) is 10.6 Å². The normalized spacial score (nSPS) is 17.9. The molecule has 2 rings (SSSR count). The average Bonchev–Trinajstić information content (AvgIpc) is 2.43. The summed E-state index contributed by atoms with van der Waals surface area (Å²) < 4.78 is 13.7. The smallest absolute Gasteiger partial charge is 0.233 e. The van der Waals surface area contributed by atoms with Crippen molar-refractivity contribution >= 4 is 17.7 Å². The Morgan fingerprint density at radius 2 is 2.37 bits per heavy atom. The van der Waals surface area contributed by atoms with Gasteiger partial charge in [-0.15, -0.1) is 11.8 Å². The molecular formula is C14H19FN2OS. The highest BCUT2D eigenvalue weighted by molar-refractivity contribution is 7.99. The number of hydrogen-bond acceptors (Lipinski definition) is 3. The molecule has 1 aliphatic heterocycles. The minimum absolute atomic E-state index is 0.00182. The van der Waals surface area contributed by atoms with Crippen molar-refractivity contribution in [1.29, 1.82) is 0 Å². The SMILES string of the molecule is CCCNC(=O)CNC1CCSc2c(F)cccc21. The predicted molar refractivity (Wildman–Crippen MR) is 75.8 cm³/mol. The largest absolute Gasteiger partial charge is 0.355 e. The summed E-state index contributed by atoms with van der Waals surface area (Å²) in [5, 5.41) is 6.05. The molecule has 1 aromatic rings. The van der Waals surface area contributed by atoms with Gasteiger partial charge in [-0.1, -0.05) is 19.1 Å². The molecule has 0 spiro atoms. The zero-order valence-electron chi connectivity index (χ0n) is 11.0. The summed E-state index contributed by atoms with van der Waals surface area (Å²) in [6, 6.07) is 5.22. The van der Waals surface area contributed by atoms with E-state index in [0.29, 0.717) is 6.54 Å². The van der Waals surface area contributed by atoms with Gasteiger partial charge in [0.1, 0.15) is 5.82 Å². The van der Waals surface area contributed by atoms with Crippen molar-refractivity contribution in [3.05, 3.63) is 29.6 Å². The van der Waals surface area contributed by atoms with Crippen LogP contribution in [0.1, 0.15) is 31.4 Å². The third-order valence-corrected chi connectivity index (χ3v) is 4.27. The maximum Gasteiger partial charge on any atom is 0.233 e. The van der Waals surface area contributed by atoms with Crippen molar-refractivity contribution in [2.45, 2.75) is 30.7 Å². The third-order valence-electron chi connectivity index (χ3n) is 3.11. The molecule has 0 bridgehead atoms. The number of rotatable bonds is 5. The Labute approximate surface area is 117 Å². The fraction of sp³-hybridized carbons (Fsp3) is 0.500. The predicted octanol–water partition coefficient (Wildman–Crippen LogP) is 2.48. The molecule has 0 saturated heterocycles. The summed E-state index contributed by atoms with van der Waals surface area (Å²) in [6.07, 6.45) is 1.85. The van der Waals surface area contributed by atoms with Crippen LogP contribution in [0, 0.1) is 5.82 Å². The van der Waals surface area contributed by atoms with Crippen LogP contribution >= 0.6 is 11.8 Å². The Morgan fingerprint density at radius 3 is 3.16 bits per heavy atom. The summed E-state index contributed by atoms with van der Waals surface area (Å²) in [7, 11) is 0. The fourth-order valence-corrected chi connectivity index (χ4v) is 3.28. The number of benzene rings is 1. The minimum atomic E-state index is -0.163. The van der Waals surface area contributed by atoms with E-state index in [2.05, 4.69) is 10.6 Å². The number of fused-ring (bicyclic) bond motifs is 1. The van der Waals surface area contributed by atoms with Crippen LogP contribution in [0.2, 0.25) is 0 Å². The van der Waals surface area contributed by atoms with Gasteiger partial charge in [-0.25, -0.2) is 4.39 Å². The van der Waals surface area contributed by atoms with E-state index in [1.54, 1.807) is 17.8 Å². The first-order valence-corrected chi connectivity index (χ1v) is 7.62. The van der Waals surface area contributed by atoms with E-state index in [1.807, 2.05) is 13.0 Å². The van der Waals surface area contributed by atoms with Crippen molar-refractivity contribution in [3.63, 3.8) is 0 Å². The molecule has 0 saturated carbocycles. The molecule has 2 N–H and O–H groups in total. The van der Waals surface area contributed by atoms with Gasteiger partial charge in [0.15, 0.2) is 0 Å². The second kappa shape index (κ2) is 6.91. The number of hydrogen-bond donors (Lipinski definition) is 2. The van der Waals surface area contributed by atoms with Crippen molar-refractivity contribution in [2.75, 3.05) is 18.8 Å². The minimum Gasteiger partial charge on any atom is -0.355 e. The van der Waals surface area contributed by atoms with Crippen LogP contribution in [-0.2, 0) is 4.79 Å². The lowest BCUT2D eigenvalue weighted by Crippen LogP contribution is -2.37. The molecule has 1 aromatic carbocycles. The second-order valence-electron chi connectivity index (χ2n) is 4.58. The Kier molecular flexibility index (Phi) is 5.22. The number of nitrogens with one attached hydrogen (secondary N) is 2. The lowest BCUT2D eigenvalue weighted by molar-refractivity contribution is -0.120. The molecule has 3 nitrogen and oxygen atoms in total. The molecule has 1 aliphatic rings. The summed E-state index contributed by atoms with van der Waals surface area (Å²) in [4.78, 5) is 12.3. The summed E-state index contributed by atoms with van der Waals surface area (Å²) in [6.45, 7) is 3.00. The van der Waals surface area contributed by atoms with Crippen molar-refractivity contribution in [3.8, 4) is 0 Å². The first-order chi connectivity index (χ1) is 9.22. The second-order valence-corrected chi connectivity index (χ2v) is 5.68. The molecule has 0 fully saturated rings. The maximum absolute atomic E-state index is 13.7. The van der Waals surface area contributed by atoms with E-state index in [0.717, 1.165) is 29.1 Å². The van der Waals surface area contributed by atoms with Gasteiger partial charge in [-0.05, 0) is 30.2 Å².